The van der Waals surface area contributed by atoms with Gasteiger partial charge >= 0.3 is 0 Å². The second kappa shape index (κ2) is 5.18. The first-order valence-corrected chi connectivity index (χ1v) is 6.63. The van der Waals surface area contributed by atoms with Gasteiger partial charge in [-0.15, -0.1) is 0 Å². The number of fused-ring (bicyclic) bond motifs is 1. The summed E-state index contributed by atoms with van der Waals surface area (Å²) in [7, 11) is 0. The number of amides is 1. The zero-order valence-electron chi connectivity index (χ0n) is 11.5. The molecule has 4 nitrogen and oxygen atoms in total. The quantitative estimate of drug-likeness (QED) is 0.891. The van der Waals surface area contributed by atoms with Crippen molar-refractivity contribution in [2.24, 2.45) is 5.73 Å². The summed E-state index contributed by atoms with van der Waals surface area (Å²) in [5.74, 6) is 0.184. The van der Waals surface area contributed by atoms with Gasteiger partial charge in [0.1, 0.15) is 11.6 Å². The highest BCUT2D eigenvalue weighted by Crippen LogP contribution is 2.32. The van der Waals surface area contributed by atoms with Gasteiger partial charge < -0.3 is 15.8 Å². The van der Waals surface area contributed by atoms with Crippen LogP contribution in [0, 0.1) is 12.7 Å². The number of nitrogens with one attached hydrogen (secondary N) is 1. The van der Waals surface area contributed by atoms with E-state index in [0.29, 0.717) is 17.0 Å². The molecule has 1 aliphatic rings. The van der Waals surface area contributed by atoms with Crippen LogP contribution in [-0.4, -0.2) is 12.5 Å². The third kappa shape index (κ3) is 2.60. The van der Waals surface area contributed by atoms with E-state index in [-0.39, 0.29) is 18.3 Å². The first-order chi connectivity index (χ1) is 10.0. The van der Waals surface area contributed by atoms with E-state index in [1.165, 1.54) is 6.07 Å². The van der Waals surface area contributed by atoms with Crippen LogP contribution in [-0.2, 0) is 4.79 Å². The van der Waals surface area contributed by atoms with Crippen molar-refractivity contribution in [2.75, 3.05) is 11.9 Å². The number of hydrogen-bond acceptors (Lipinski definition) is 3. The number of carbonyl (C=O) groups excluding carboxylic acids is 1. The van der Waals surface area contributed by atoms with E-state index >= 15 is 0 Å². The zero-order chi connectivity index (χ0) is 15.0. The minimum Gasteiger partial charge on any atom is -0.482 e. The van der Waals surface area contributed by atoms with Crippen LogP contribution < -0.4 is 15.8 Å². The predicted octanol–water partition coefficient (Wildman–Crippen LogP) is 2.51. The molecular formula is C16H15FN2O2. The maximum Gasteiger partial charge on any atom is 0.262 e. The molecule has 0 saturated heterocycles. The fourth-order valence-electron chi connectivity index (χ4n) is 2.35. The Morgan fingerprint density at radius 3 is 2.71 bits per heavy atom. The Kier molecular flexibility index (Phi) is 3.35. The van der Waals surface area contributed by atoms with E-state index in [0.717, 1.165) is 11.1 Å². The highest BCUT2D eigenvalue weighted by atomic mass is 19.1. The molecule has 0 spiro atoms. The number of benzene rings is 2. The largest absolute Gasteiger partial charge is 0.482 e. The lowest BCUT2D eigenvalue weighted by atomic mass is 9.97. The van der Waals surface area contributed by atoms with E-state index in [4.69, 9.17) is 10.5 Å². The van der Waals surface area contributed by atoms with E-state index in [1.807, 2.05) is 6.07 Å². The van der Waals surface area contributed by atoms with Crippen LogP contribution in [0.3, 0.4) is 0 Å². The first-order valence-electron chi connectivity index (χ1n) is 6.63. The lowest BCUT2D eigenvalue weighted by molar-refractivity contribution is -0.118. The molecule has 21 heavy (non-hydrogen) atoms. The van der Waals surface area contributed by atoms with Crippen molar-refractivity contribution in [1.82, 2.24) is 0 Å². The Morgan fingerprint density at radius 1 is 1.24 bits per heavy atom. The average molecular weight is 286 g/mol. The SMILES string of the molecule is Cc1cc(C(N)c2ccc3c(c2)NC(=O)CO3)ccc1F. The Hall–Kier alpha value is -2.40. The minimum absolute atomic E-state index is 0.0234. The molecule has 1 atom stereocenters. The highest BCUT2D eigenvalue weighted by molar-refractivity contribution is 5.95. The molecule has 1 heterocycles. The predicted molar refractivity (Wildman–Crippen MR) is 77.7 cm³/mol. The van der Waals surface area contributed by atoms with Crippen molar-refractivity contribution in [3.05, 3.63) is 58.9 Å². The molecule has 3 N–H and O–H groups in total. The summed E-state index contributed by atoms with van der Waals surface area (Å²) in [5, 5.41) is 2.75. The lowest BCUT2D eigenvalue weighted by Crippen LogP contribution is -2.25. The number of aryl methyl sites for hydroxylation is 1. The van der Waals surface area contributed by atoms with Crippen LogP contribution >= 0.6 is 0 Å². The van der Waals surface area contributed by atoms with E-state index in [2.05, 4.69) is 5.32 Å². The lowest BCUT2D eigenvalue weighted by Gasteiger charge is -2.20. The number of halogens is 1. The topological polar surface area (TPSA) is 64.3 Å². The van der Waals surface area contributed by atoms with E-state index in [1.54, 1.807) is 31.2 Å². The van der Waals surface area contributed by atoms with Crippen molar-refractivity contribution >= 4 is 11.6 Å². The van der Waals surface area contributed by atoms with Gasteiger partial charge in [-0.2, -0.15) is 0 Å². The summed E-state index contributed by atoms with van der Waals surface area (Å²) in [6, 6.07) is 9.83. The van der Waals surface area contributed by atoms with Crippen LogP contribution in [0.1, 0.15) is 22.7 Å². The van der Waals surface area contributed by atoms with Crippen LogP contribution in [0.2, 0.25) is 0 Å². The Labute approximate surface area is 121 Å². The van der Waals surface area contributed by atoms with Crippen molar-refractivity contribution in [2.45, 2.75) is 13.0 Å². The molecule has 1 amide bonds. The molecule has 2 aromatic rings. The summed E-state index contributed by atoms with van der Waals surface area (Å²) >= 11 is 0. The van der Waals surface area contributed by atoms with Gasteiger partial charge in [0, 0.05) is 0 Å². The summed E-state index contributed by atoms with van der Waals surface area (Å²) in [6.45, 7) is 1.72. The second-order valence-electron chi connectivity index (χ2n) is 5.08. The van der Waals surface area contributed by atoms with Crippen LogP contribution in [0.4, 0.5) is 10.1 Å². The van der Waals surface area contributed by atoms with Gasteiger partial charge in [-0.3, -0.25) is 4.79 Å². The molecule has 1 unspecified atom stereocenters. The Balaban J connectivity index is 1.94. The third-order valence-electron chi connectivity index (χ3n) is 3.54. The maximum absolute atomic E-state index is 13.3. The number of nitrogens with two attached hydrogens (primary N) is 1. The first kappa shape index (κ1) is 13.6. The van der Waals surface area contributed by atoms with Crippen molar-refractivity contribution < 1.29 is 13.9 Å². The van der Waals surface area contributed by atoms with Crippen molar-refractivity contribution in [3.63, 3.8) is 0 Å². The van der Waals surface area contributed by atoms with E-state index < -0.39 is 6.04 Å². The molecule has 0 aromatic heterocycles. The molecule has 0 aliphatic carbocycles. The number of hydrogen-bond donors (Lipinski definition) is 2. The summed E-state index contributed by atoms with van der Waals surface area (Å²) in [4.78, 5) is 11.4. The summed E-state index contributed by atoms with van der Waals surface area (Å²) in [6.07, 6.45) is 0. The molecule has 0 fully saturated rings. The Bertz CT molecular complexity index is 715. The van der Waals surface area contributed by atoms with Crippen LogP contribution in [0.5, 0.6) is 5.75 Å². The van der Waals surface area contributed by atoms with Gasteiger partial charge in [-0.25, -0.2) is 4.39 Å². The van der Waals surface area contributed by atoms with Crippen molar-refractivity contribution in [3.8, 4) is 5.75 Å². The smallest absolute Gasteiger partial charge is 0.262 e. The normalized spacial score (nSPS) is 14.9. The molecule has 108 valence electrons. The van der Waals surface area contributed by atoms with Crippen LogP contribution in [0.25, 0.3) is 0 Å². The van der Waals surface area contributed by atoms with Gasteiger partial charge in [0.25, 0.3) is 5.91 Å². The molecule has 2 aromatic carbocycles. The summed E-state index contributed by atoms with van der Waals surface area (Å²) < 4.78 is 18.6. The summed E-state index contributed by atoms with van der Waals surface area (Å²) in [5.41, 5.74) is 9.03. The number of rotatable bonds is 2. The molecule has 3 rings (SSSR count). The molecule has 0 saturated carbocycles. The average Bonchev–Trinajstić information content (AvgIpc) is 2.48. The number of carbonyl (C=O) groups is 1. The maximum atomic E-state index is 13.3. The van der Waals surface area contributed by atoms with Crippen molar-refractivity contribution in [1.29, 1.82) is 0 Å². The van der Waals surface area contributed by atoms with Gasteiger partial charge in [0.05, 0.1) is 11.7 Å². The monoisotopic (exact) mass is 286 g/mol. The van der Waals surface area contributed by atoms with Crippen LogP contribution in [0.15, 0.2) is 36.4 Å². The van der Waals surface area contributed by atoms with Gasteiger partial charge in [-0.05, 0) is 41.8 Å². The Morgan fingerprint density at radius 2 is 1.95 bits per heavy atom. The minimum atomic E-state index is -0.395. The molecular weight excluding hydrogens is 271 g/mol. The molecule has 1 aliphatic heterocycles. The fourth-order valence-corrected chi connectivity index (χ4v) is 2.35. The third-order valence-corrected chi connectivity index (χ3v) is 3.54. The second-order valence-corrected chi connectivity index (χ2v) is 5.08. The fraction of sp³-hybridized carbons (Fsp3) is 0.188. The highest BCUT2D eigenvalue weighted by Gasteiger charge is 2.18. The van der Waals surface area contributed by atoms with E-state index in [9.17, 15) is 9.18 Å². The molecule has 0 bridgehead atoms. The number of ether oxygens (including phenoxy) is 1. The molecule has 0 radical (unpaired) electrons. The van der Waals surface area contributed by atoms with Gasteiger partial charge in [0.15, 0.2) is 6.61 Å². The number of anilines is 1. The van der Waals surface area contributed by atoms with Gasteiger partial charge in [0.2, 0.25) is 0 Å². The zero-order valence-corrected chi connectivity index (χ0v) is 11.5. The van der Waals surface area contributed by atoms with Gasteiger partial charge in [-0.1, -0.05) is 18.2 Å². The standard InChI is InChI=1S/C16H15FN2O2/c1-9-6-10(2-4-12(9)17)16(18)11-3-5-14-13(7-11)19-15(20)8-21-14/h2-7,16H,8,18H2,1H3,(H,19,20). The molecule has 5 heteroatoms.